The molecule has 3 rings (SSSR count). The first kappa shape index (κ1) is 15.7. The molecule has 0 bridgehead atoms. The smallest absolute Gasteiger partial charge is 0.227 e. The molecule has 1 N–H and O–H groups in total. The summed E-state index contributed by atoms with van der Waals surface area (Å²) >= 11 is 0. The van der Waals surface area contributed by atoms with Crippen LogP contribution in [0.3, 0.4) is 0 Å². The van der Waals surface area contributed by atoms with Crippen LogP contribution in [0.2, 0.25) is 0 Å². The van der Waals surface area contributed by atoms with Crippen LogP contribution in [-0.2, 0) is 11.3 Å². The molecule has 0 aliphatic carbocycles. The van der Waals surface area contributed by atoms with Gasteiger partial charge in [-0.3, -0.25) is 0 Å². The highest BCUT2D eigenvalue weighted by Gasteiger charge is 2.16. The maximum atomic E-state index is 5.49. The lowest BCUT2D eigenvalue weighted by atomic mass is 10.1. The molecule has 1 aliphatic rings. The van der Waals surface area contributed by atoms with Gasteiger partial charge in [0.25, 0.3) is 0 Å². The van der Waals surface area contributed by atoms with Crippen LogP contribution >= 0.6 is 0 Å². The predicted molar refractivity (Wildman–Crippen MR) is 87.6 cm³/mol. The van der Waals surface area contributed by atoms with E-state index in [0.29, 0.717) is 18.5 Å². The molecule has 1 saturated heterocycles. The lowest BCUT2D eigenvalue weighted by Gasteiger charge is -2.24. The third kappa shape index (κ3) is 3.79. The number of hydrogen-bond acceptors (Lipinski definition) is 7. The molecule has 3 heterocycles. The monoisotopic (exact) mass is 317 g/mol. The molecule has 1 atom stereocenters. The second-order valence-electron chi connectivity index (χ2n) is 5.96. The molecule has 23 heavy (non-hydrogen) atoms. The van der Waals surface area contributed by atoms with Gasteiger partial charge in [-0.1, -0.05) is 5.16 Å². The Bertz CT molecular complexity index is 632. The van der Waals surface area contributed by atoms with E-state index in [-0.39, 0.29) is 0 Å². The normalized spacial score (nSPS) is 18.0. The standard InChI is InChI=1S/C16H23N5O2/c1-11-14(12(2)23-20-11)9-21(3)16-17-7-6-15(19-16)18-13-5-4-8-22-10-13/h6-7,13H,4-5,8-10H2,1-3H3,(H,17,18,19)/t13-/m0/s1. The summed E-state index contributed by atoms with van der Waals surface area (Å²) in [5, 5.41) is 7.41. The molecular formula is C16H23N5O2. The molecule has 0 spiro atoms. The Kier molecular flexibility index (Phi) is 4.76. The summed E-state index contributed by atoms with van der Waals surface area (Å²) in [6, 6.07) is 2.21. The zero-order chi connectivity index (χ0) is 16.2. The summed E-state index contributed by atoms with van der Waals surface area (Å²) in [6.45, 7) is 6.12. The number of hydrogen-bond donors (Lipinski definition) is 1. The topological polar surface area (TPSA) is 76.3 Å². The van der Waals surface area contributed by atoms with Gasteiger partial charge in [0.15, 0.2) is 0 Å². The van der Waals surface area contributed by atoms with Gasteiger partial charge in [-0.2, -0.15) is 4.98 Å². The first-order valence-corrected chi connectivity index (χ1v) is 7.93. The van der Waals surface area contributed by atoms with Crippen LogP contribution in [0.1, 0.15) is 29.9 Å². The van der Waals surface area contributed by atoms with E-state index in [1.165, 1.54) is 0 Å². The Hall–Kier alpha value is -2.15. The third-order valence-corrected chi connectivity index (χ3v) is 4.07. The first-order valence-electron chi connectivity index (χ1n) is 7.93. The lowest BCUT2D eigenvalue weighted by Crippen LogP contribution is -2.30. The van der Waals surface area contributed by atoms with E-state index < -0.39 is 0 Å². The van der Waals surface area contributed by atoms with Crippen LogP contribution < -0.4 is 10.2 Å². The summed E-state index contributed by atoms with van der Waals surface area (Å²) in [5.74, 6) is 2.34. The number of aromatic nitrogens is 3. The van der Waals surface area contributed by atoms with E-state index in [1.54, 1.807) is 6.20 Å². The van der Waals surface area contributed by atoms with Crippen LogP contribution in [0, 0.1) is 13.8 Å². The first-order chi connectivity index (χ1) is 11.1. The van der Waals surface area contributed by atoms with E-state index in [2.05, 4.69) is 20.4 Å². The van der Waals surface area contributed by atoms with Crippen molar-refractivity contribution in [3.05, 3.63) is 29.3 Å². The van der Waals surface area contributed by atoms with E-state index in [9.17, 15) is 0 Å². The SMILES string of the molecule is Cc1noc(C)c1CN(C)c1nccc(N[C@H]2CCCOC2)n1. The molecule has 0 saturated carbocycles. The summed E-state index contributed by atoms with van der Waals surface area (Å²) in [4.78, 5) is 11.0. The minimum atomic E-state index is 0.319. The number of rotatable bonds is 5. The molecule has 2 aromatic heterocycles. The van der Waals surface area contributed by atoms with E-state index >= 15 is 0 Å². The number of aryl methyl sites for hydroxylation is 2. The molecule has 0 unspecified atom stereocenters. The van der Waals surface area contributed by atoms with Gasteiger partial charge in [-0.15, -0.1) is 0 Å². The molecule has 0 amide bonds. The van der Waals surface area contributed by atoms with Crippen molar-refractivity contribution in [3.8, 4) is 0 Å². The van der Waals surface area contributed by atoms with Crippen molar-refractivity contribution in [1.29, 1.82) is 0 Å². The Balaban J connectivity index is 1.68. The highest BCUT2D eigenvalue weighted by atomic mass is 16.5. The summed E-state index contributed by atoms with van der Waals surface area (Å²) < 4.78 is 10.7. The molecular weight excluding hydrogens is 294 g/mol. The molecule has 2 aromatic rings. The quantitative estimate of drug-likeness (QED) is 0.906. The molecule has 0 radical (unpaired) electrons. The molecule has 1 aliphatic heterocycles. The number of nitrogens with one attached hydrogen (secondary N) is 1. The second kappa shape index (κ2) is 6.95. The van der Waals surface area contributed by atoms with Gasteiger partial charge >= 0.3 is 0 Å². The van der Waals surface area contributed by atoms with Gasteiger partial charge in [-0.05, 0) is 32.8 Å². The van der Waals surface area contributed by atoms with Gasteiger partial charge in [-0.25, -0.2) is 4.98 Å². The molecule has 0 aromatic carbocycles. The number of nitrogens with zero attached hydrogens (tertiary/aromatic N) is 4. The number of ether oxygens (including phenoxy) is 1. The van der Waals surface area contributed by atoms with Crippen LogP contribution in [-0.4, -0.2) is 41.4 Å². The second-order valence-corrected chi connectivity index (χ2v) is 5.96. The van der Waals surface area contributed by atoms with Crippen molar-refractivity contribution in [1.82, 2.24) is 15.1 Å². The minimum absolute atomic E-state index is 0.319. The highest BCUT2D eigenvalue weighted by molar-refractivity contribution is 5.42. The van der Waals surface area contributed by atoms with Crippen molar-refractivity contribution in [2.45, 2.75) is 39.3 Å². The molecule has 7 nitrogen and oxygen atoms in total. The van der Waals surface area contributed by atoms with Gasteiger partial charge < -0.3 is 19.5 Å². The Morgan fingerprint density at radius 2 is 2.26 bits per heavy atom. The van der Waals surface area contributed by atoms with Crippen molar-refractivity contribution in [3.63, 3.8) is 0 Å². The van der Waals surface area contributed by atoms with Crippen molar-refractivity contribution in [2.75, 3.05) is 30.5 Å². The summed E-state index contributed by atoms with van der Waals surface area (Å²) in [6.07, 6.45) is 3.97. The highest BCUT2D eigenvalue weighted by Crippen LogP contribution is 2.19. The van der Waals surface area contributed by atoms with Crippen LogP contribution in [0.5, 0.6) is 0 Å². The maximum Gasteiger partial charge on any atom is 0.227 e. The lowest BCUT2D eigenvalue weighted by molar-refractivity contribution is 0.0875. The van der Waals surface area contributed by atoms with E-state index in [1.807, 2.05) is 31.9 Å². The maximum absolute atomic E-state index is 5.49. The Labute approximate surface area is 136 Å². The van der Waals surface area contributed by atoms with E-state index in [0.717, 1.165) is 48.9 Å². The fraction of sp³-hybridized carbons (Fsp3) is 0.562. The van der Waals surface area contributed by atoms with Gasteiger partial charge in [0.1, 0.15) is 11.6 Å². The zero-order valence-corrected chi connectivity index (χ0v) is 13.9. The number of anilines is 2. The minimum Gasteiger partial charge on any atom is -0.379 e. The molecule has 124 valence electrons. The summed E-state index contributed by atoms with van der Waals surface area (Å²) in [7, 11) is 1.97. The largest absolute Gasteiger partial charge is 0.379 e. The summed E-state index contributed by atoms with van der Waals surface area (Å²) in [5.41, 5.74) is 1.98. The fourth-order valence-electron chi connectivity index (χ4n) is 2.71. The van der Waals surface area contributed by atoms with Crippen molar-refractivity contribution in [2.24, 2.45) is 0 Å². The average Bonchev–Trinajstić information content (AvgIpc) is 2.88. The molecule has 7 heteroatoms. The van der Waals surface area contributed by atoms with Gasteiger partial charge in [0.2, 0.25) is 5.95 Å². The predicted octanol–water partition coefficient (Wildman–Crippen LogP) is 2.31. The Morgan fingerprint density at radius 1 is 1.39 bits per heavy atom. The van der Waals surface area contributed by atoms with Crippen LogP contribution in [0.4, 0.5) is 11.8 Å². The van der Waals surface area contributed by atoms with Gasteiger partial charge in [0, 0.05) is 25.4 Å². The Morgan fingerprint density at radius 3 is 2.96 bits per heavy atom. The zero-order valence-electron chi connectivity index (χ0n) is 13.9. The molecule has 1 fully saturated rings. The van der Waals surface area contributed by atoms with Crippen LogP contribution in [0.25, 0.3) is 0 Å². The average molecular weight is 317 g/mol. The van der Waals surface area contributed by atoms with Crippen molar-refractivity contribution >= 4 is 11.8 Å². The fourth-order valence-corrected chi connectivity index (χ4v) is 2.71. The third-order valence-electron chi connectivity index (χ3n) is 4.07. The van der Waals surface area contributed by atoms with Crippen molar-refractivity contribution < 1.29 is 9.26 Å². The van der Waals surface area contributed by atoms with E-state index in [4.69, 9.17) is 9.26 Å². The van der Waals surface area contributed by atoms with Gasteiger partial charge in [0.05, 0.1) is 24.9 Å². The van der Waals surface area contributed by atoms with Crippen LogP contribution in [0.15, 0.2) is 16.8 Å².